The molecular formula is C18H18F2N2O3. The first-order chi connectivity index (χ1) is 11.9. The van der Waals surface area contributed by atoms with Gasteiger partial charge in [-0.05, 0) is 36.4 Å². The number of halogens is 2. The minimum absolute atomic E-state index is 0.0279. The normalized spacial score (nSPS) is 10.2. The van der Waals surface area contributed by atoms with Crippen LogP contribution in [-0.2, 0) is 9.59 Å². The highest BCUT2D eigenvalue weighted by Crippen LogP contribution is 2.21. The Bertz CT molecular complexity index is 763. The molecule has 2 aromatic rings. The zero-order chi connectivity index (χ0) is 18.4. The summed E-state index contributed by atoms with van der Waals surface area (Å²) in [5.74, 6) is -1.71. The fourth-order valence-corrected chi connectivity index (χ4v) is 2.26. The maximum atomic E-state index is 13.9. The van der Waals surface area contributed by atoms with Gasteiger partial charge in [-0.25, -0.2) is 8.78 Å². The molecule has 0 aromatic heterocycles. The van der Waals surface area contributed by atoms with Crippen molar-refractivity contribution in [3.8, 4) is 5.75 Å². The number of nitrogens with one attached hydrogen (secondary N) is 1. The topological polar surface area (TPSA) is 58.6 Å². The Kier molecular flexibility index (Phi) is 6.05. The highest BCUT2D eigenvalue weighted by molar-refractivity contribution is 5.94. The number of methoxy groups -OCH3 is 1. The lowest BCUT2D eigenvalue weighted by Gasteiger charge is -2.21. The zero-order valence-electron chi connectivity index (χ0n) is 13.9. The predicted molar refractivity (Wildman–Crippen MR) is 90.6 cm³/mol. The number of carbonyl (C=O) groups is 2. The Morgan fingerprint density at radius 2 is 1.80 bits per heavy atom. The van der Waals surface area contributed by atoms with Gasteiger partial charge in [0.05, 0.1) is 12.8 Å². The number of nitrogens with zero attached hydrogens (tertiary/aromatic N) is 1. The van der Waals surface area contributed by atoms with E-state index in [0.717, 1.165) is 11.0 Å². The van der Waals surface area contributed by atoms with Crippen LogP contribution in [0.3, 0.4) is 0 Å². The Morgan fingerprint density at radius 1 is 1.12 bits per heavy atom. The summed E-state index contributed by atoms with van der Waals surface area (Å²) in [6.07, 6.45) is -0.0393. The molecule has 0 aliphatic carbocycles. The lowest BCUT2D eigenvalue weighted by Crippen LogP contribution is -2.32. The van der Waals surface area contributed by atoms with Crippen molar-refractivity contribution in [3.63, 3.8) is 0 Å². The average molecular weight is 348 g/mol. The van der Waals surface area contributed by atoms with Gasteiger partial charge in [-0.2, -0.15) is 0 Å². The van der Waals surface area contributed by atoms with Crippen molar-refractivity contribution < 1.29 is 23.1 Å². The molecule has 0 aliphatic heterocycles. The Morgan fingerprint density at radius 3 is 2.36 bits per heavy atom. The third-order valence-electron chi connectivity index (χ3n) is 3.52. The van der Waals surface area contributed by atoms with Gasteiger partial charge in [-0.15, -0.1) is 0 Å². The van der Waals surface area contributed by atoms with Crippen molar-refractivity contribution in [1.29, 1.82) is 0 Å². The molecule has 0 atom stereocenters. The molecule has 25 heavy (non-hydrogen) atoms. The molecule has 2 rings (SSSR count). The quantitative estimate of drug-likeness (QED) is 0.871. The maximum absolute atomic E-state index is 13.9. The largest absolute Gasteiger partial charge is 0.497 e. The first-order valence-electron chi connectivity index (χ1n) is 7.57. The van der Waals surface area contributed by atoms with Crippen molar-refractivity contribution in [3.05, 3.63) is 54.1 Å². The van der Waals surface area contributed by atoms with E-state index in [2.05, 4.69) is 5.32 Å². The number of benzene rings is 2. The predicted octanol–water partition coefficient (Wildman–Crippen LogP) is 3.36. The maximum Gasteiger partial charge on any atom is 0.226 e. The summed E-state index contributed by atoms with van der Waals surface area (Å²) in [4.78, 5) is 24.9. The summed E-state index contributed by atoms with van der Waals surface area (Å²) in [5, 5.41) is 2.68. The van der Waals surface area contributed by atoms with Gasteiger partial charge in [-0.3, -0.25) is 9.59 Å². The van der Waals surface area contributed by atoms with E-state index in [4.69, 9.17) is 4.74 Å². The van der Waals surface area contributed by atoms with Gasteiger partial charge < -0.3 is 15.0 Å². The van der Waals surface area contributed by atoms with Crippen LogP contribution in [0.5, 0.6) is 5.75 Å². The molecule has 0 saturated heterocycles. The van der Waals surface area contributed by atoms with E-state index in [1.807, 2.05) is 0 Å². The van der Waals surface area contributed by atoms with Gasteiger partial charge in [0.25, 0.3) is 0 Å². The number of anilines is 2. The van der Waals surface area contributed by atoms with Crippen LogP contribution in [0.1, 0.15) is 13.3 Å². The van der Waals surface area contributed by atoms with Crippen LogP contribution in [0.2, 0.25) is 0 Å². The van der Waals surface area contributed by atoms with Gasteiger partial charge in [0, 0.05) is 31.6 Å². The summed E-state index contributed by atoms with van der Waals surface area (Å²) in [5.41, 5.74) is 0.513. The average Bonchev–Trinajstić information content (AvgIpc) is 2.57. The van der Waals surface area contributed by atoms with Crippen molar-refractivity contribution in [2.24, 2.45) is 0 Å². The molecule has 0 aliphatic rings. The summed E-state index contributed by atoms with van der Waals surface area (Å²) in [7, 11) is 1.54. The first-order valence-corrected chi connectivity index (χ1v) is 7.57. The Balaban J connectivity index is 2.00. The van der Waals surface area contributed by atoms with E-state index < -0.39 is 17.5 Å². The summed E-state index contributed by atoms with van der Waals surface area (Å²) >= 11 is 0. The Hall–Kier alpha value is -2.96. The second-order valence-corrected chi connectivity index (χ2v) is 5.29. The standard InChI is InChI=1S/C18H18F2N2O3/c1-12(23)22(17-8-3-13(19)11-16(17)20)10-9-18(24)21-14-4-6-15(25-2)7-5-14/h3-8,11H,9-10H2,1-2H3,(H,21,24). The minimum atomic E-state index is -0.856. The SMILES string of the molecule is COc1ccc(NC(=O)CCN(C(C)=O)c2ccc(F)cc2F)cc1. The highest BCUT2D eigenvalue weighted by atomic mass is 19.1. The van der Waals surface area contributed by atoms with Crippen LogP contribution in [0.15, 0.2) is 42.5 Å². The van der Waals surface area contributed by atoms with Gasteiger partial charge in [-0.1, -0.05) is 0 Å². The van der Waals surface area contributed by atoms with E-state index in [0.29, 0.717) is 17.5 Å². The minimum Gasteiger partial charge on any atom is -0.497 e. The van der Waals surface area contributed by atoms with E-state index in [9.17, 15) is 18.4 Å². The van der Waals surface area contributed by atoms with E-state index in [-0.39, 0.29) is 24.6 Å². The number of hydrogen-bond acceptors (Lipinski definition) is 3. The molecule has 0 saturated carbocycles. The second kappa shape index (κ2) is 8.23. The van der Waals surface area contributed by atoms with Gasteiger partial charge in [0.1, 0.15) is 17.4 Å². The van der Waals surface area contributed by atoms with Gasteiger partial charge in [0.15, 0.2) is 0 Å². The smallest absolute Gasteiger partial charge is 0.226 e. The van der Waals surface area contributed by atoms with E-state index >= 15 is 0 Å². The van der Waals surface area contributed by atoms with Crippen LogP contribution in [0.25, 0.3) is 0 Å². The van der Waals surface area contributed by atoms with Crippen LogP contribution < -0.4 is 15.0 Å². The summed E-state index contributed by atoms with van der Waals surface area (Å²) < 4.78 is 31.9. The molecule has 2 aromatic carbocycles. The van der Waals surface area contributed by atoms with Crippen LogP contribution >= 0.6 is 0 Å². The summed E-state index contributed by atoms with van der Waals surface area (Å²) in [6, 6.07) is 9.69. The lowest BCUT2D eigenvalue weighted by atomic mass is 10.2. The van der Waals surface area contributed by atoms with Crippen molar-refractivity contribution in [2.75, 3.05) is 23.9 Å². The highest BCUT2D eigenvalue weighted by Gasteiger charge is 2.17. The molecule has 0 heterocycles. The first kappa shape index (κ1) is 18.4. The van der Waals surface area contributed by atoms with Gasteiger partial charge in [0.2, 0.25) is 11.8 Å². The van der Waals surface area contributed by atoms with Crippen molar-refractivity contribution in [1.82, 2.24) is 0 Å². The van der Waals surface area contributed by atoms with Crippen molar-refractivity contribution in [2.45, 2.75) is 13.3 Å². The molecular weight excluding hydrogens is 330 g/mol. The fraction of sp³-hybridized carbons (Fsp3) is 0.222. The molecule has 0 bridgehead atoms. The number of carbonyl (C=O) groups excluding carboxylic acids is 2. The fourth-order valence-electron chi connectivity index (χ4n) is 2.26. The monoisotopic (exact) mass is 348 g/mol. The molecule has 5 nitrogen and oxygen atoms in total. The van der Waals surface area contributed by atoms with Gasteiger partial charge >= 0.3 is 0 Å². The van der Waals surface area contributed by atoms with Crippen LogP contribution in [-0.4, -0.2) is 25.5 Å². The number of rotatable bonds is 6. The molecule has 1 N–H and O–H groups in total. The lowest BCUT2D eigenvalue weighted by molar-refractivity contribution is -0.117. The Labute approximate surface area is 144 Å². The molecule has 0 unspecified atom stereocenters. The number of amides is 2. The molecule has 0 spiro atoms. The molecule has 2 amide bonds. The number of hydrogen-bond donors (Lipinski definition) is 1. The second-order valence-electron chi connectivity index (χ2n) is 5.29. The van der Waals surface area contributed by atoms with E-state index in [1.165, 1.54) is 13.0 Å². The molecule has 0 fully saturated rings. The number of ether oxygens (including phenoxy) is 1. The third-order valence-corrected chi connectivity index (χ3v) is 3.52. The third kappa shape index (κ3) is 5.00. The molecule has 0 radical (unpaired) electrons. The van der Waals surface area contributed by atoms with Crippen LogP contribution in [0, 0.1) is 11.6 Å². The molecule has 132 valence electrons. The molecule has 7 heteroatoms. The van der Waals surface area contributed by atoms with E-state index in [1.54, 1.807) is 31.4 Å². The summed E-state index contributed by atoms with van der Waals surface area (Å²) in [6.45, 7) is 1.23. The van der Waals surface area contributed by atoms with Crippen LogP contribution in [0.4, 0.5) is 20.2 Å². The van der Waals surface area contributed by atoms with Crippen molar-refractivity contribution >= 4 is 23.2 Å². The zero-order valence-corrected chi connectivity index (χ0v) is 13.9.